The maximum Gasteiger partial charge on any atom is 0.185 e. The van der Waals surface area contributed by atoms with Gasteiger partial charge < -0.3 is 24.7 Å². The number of para-hydroxylation sites is 2. The number of aromatic amines is 1. The number of nitrogens with zero attached hydrogens (tertiary/aromatic N) is 1. The second kappa shape index (κ2) is 11.3. The summed E-state index contributed by atoms with van der Waals surface area (Å²) in [5.41, 5.74) is 4.99. The average Bonchev–Trinajstić information content (AvgIpc) is 3.51. The van der Waals surface area contributed by atoms with Crippen molar-refractivity contribution in [3.8, 4) is 5.75 Å². The third-order valence-corrected chi connectivity index (χ3v) is 6.64. The highest BCUT2D eigenvalue weighted by Crippen LogP contribution is 2.23. The molecule has 2 aromatic heterocycles. The van der Waals surface area contributed by atoms with Crippen molar-refractivity contribution in [1.29, 1.82) is 0 Å². The summed E-state index contributed by atoms with van der Waals surface area (Å²) in [4.78, 5) is 16.0. The number of carbonyl (C=O) groups excluding carboxylic acids is 1. The smallest absolute Gasteiger partial charge is 0.185 e. The fraction of sp³-hybridized carbons (Fsp3) is 0.194. The summed E-state index contributed by atoms with van der Waals surface area (Å²) in [6, 6.07) is 23.4. The Bertz CT molecular complexity index is 1530. The molecule has 5 rings (SSSR count). The van der Waals surface area contributed by atoms with Crippen LogP contribution in [0.3, 0.4) is 0 Å². The Morgan fingerprint density at radius 2 is 1.81 bits per heavy atom. The van der Waals surface area contributed by atoms with Gasteiger partial charge in [-0.2, -0.15) is 0 Å². The molecular formula is C31H31N3O3. The monoisotopic (exact) mass is 493 g/mol. The standard InChI is InChI=1S/C31H31N3O3/c1-37-26-13-10-22(11-14-26)31(36)15-12-24-20-34(30-9-5-3-7-28(24)30)21-25(35)19-32-17-16-23-18-33-29-8-4-2-6-27(23)29/h2-15,18,20,25,32-33,35H,16-17,19,21H2,1H3/b15-12+/t25-/m0/s1. The molecular weight excluding hydrogens is 462 g/mol. The Hall–Kier alpha value is -4.13. The van der Waals surface area contributed by atoms with E-state index in [1.807, 2.05) is 42.6 Å². The fourth-order valence-electron chi connectivity index (χ4n) is 4.70. The fourth-order valence-corrected chi connectivity index (χ4v) is 4.70. The van der Waals surface area contributed by atoms with Gasteiger partial charge in [-0.05, 0) is 67.1 Å². The number of methoxy groups -OCH3 is 1. The first kappa shape index (κ1) is 24.6. The van der Waals surface area contributed by atoms with E-state index in [-0.39, 0.29) is 5.78 Å². The van der Waals surface area contributed by atoms with E-state index in [2.05, 4.69) is 39.3 Å². The predicted molar refractivity (Wildman–Crippen MR) is 149 cm³/mol. The van der Waals surface area contributed by atoms with Crippen molar-refractivity contribution in [1.82, 2.24) is 14.9 Å². The molecule has 3 N–H and O–H groups in total. The molecule has 0 unspecified atom stereocenters. The first-order valence-electron chi connectivity index (χ1n) is 12.5. The van der Waals surface area contributed by atoms with E-state index < -0.39 is 6.10 Å². The van der Waals surface area contributed by atoms with Gasteiger partial charge in [-0.3, -0.25) is 4.79 Å². The van der Waals surface area contributed by atoms with Gasteiger partial charge in [-0.1, -0.05) is 36.4 Å². The van der Waals surface area contributed by atoms with Crippen LogP contribution in [0.25, 0.3) is 27.9 Å². The molecule has 0 fully saturated rings. The van der Waals surface area contributed by atoms with Crippen LogP contribution < -0.4 is 10.1 Å². The number of carbonyl (C=O) groups is 1. The lowest BCUT2D eigenvalue weighted by atomic mass is 10.1. The van der Waals surface area contributed by atoms with Crippen LogP contribution in [0.4, 0.5) is 0 Å². The molecule has 0 radical (unpaired) electrons. The van der Waals surface area contributed by atoms with Crippen molar-refractivity contribution in [2.45, 2.75) is 19.1 Å². The Kier molecular flexibility index (Phi) is 7.49. The lowest BCUT2D eigenvalue weighted by Gasteiger charge is -2.13. The molecule has 0 spiro atoms. The first-order valence-corrected chi connectivity index (χ1v) is 12.5. The van der Waals surface area contributed by atoms with Crippen LogP contribution in [-0.4, -0.2) is 46.7 Å². The summed E-state index contributed by atoms with van der Waals surface area (Å²) >= 11 is 0. The summed E-state index contributed by atoms with van der Waals surface area (Å²) < 4.78 is 7.22. The third kappa shape index (κ3) is 5.66. The van der Waals surface area contributed by atoms with Crippen molar-refractivity contribution in [2.75, 3.05) is 20.2 Å². The maximum atomic E-state index is 12.7. The highest BCUT2D eigenvalue weighted by atomic mass is 16.5. The van der Waals surface area contributed by atoms with Crippen LogP contribution in [0, 0.1) is 0 Å². The number of H-pyrrole nitrogens is 1. The number of aliphatic hydroxyl groups excluding tert-OH is 1. The third-order valence-electron chi connectivity index (χ3n) is 6.64. The highest BCUT2D eigenvalue weighted by Gasteiger charge is 2.11. The summed E-state index contributed by atoms with van der Waals surface area (Å²) in [5, 5.41) is 16.4. The summed E-state index contributed by atoms with van der Waals surface area (Å²) in [6.07, 6.45) is 7.84. The van der Waals surface area contributed by atoms with Gasteiger partial charge in [0, 0.05) is 58.4 Å². The Morgan fingerprint density at radius 1 is 1.05 bits per heavy atom. The number of nitrogens with one attached hydrogen (secondary N) is 2. The predicted octanol–water partition coefficient (Wildman–Crippen LogP) is 5.22. The van der Waals surface area contributed by atoms with Gasteiger partial charge in [0.15, 0.2) is 5.78 Å². The topological polar surface area (TPSA) is 79.3 Å². The summed E-state index contributed by atoms with van der Waals surface area (Å²) in [6.45, 7) is 1.74. The number of hydrogen-bond acceptors (Lipinski definition) is 4. The zero-order valence-corrected chi connectivity index (χ0v) is 20.9. The molecule has 0 aliphatic heterocycles. The van der Waals surface area contributed by atoms with Gasteiger partial charge in [0.05, 0.1) is 13.2 Å². The number of fused-ring (bicyclic) bond motifs is 2. The molecule has 5 aromatic rings. The largest absolute Gasteiger partial charge is 0.497 e. The molecule has 37 heavy (non-hydrogen) atoms. The number of ketones is 1. The minimum atomic E-state index is -0.545. The second-order valence-electron chi connectivity index (χ2n) is 9.15. The van der Waals surface area contributed by atoms with Crippen molar-refractivity contribution < 1.29 is 14.6 Å². The number of allylic oxidation sites excluding steroid dienone is 1. The SMILES string of the molecule is COc1ccc(C(=O)/C=C/c2cn(C[C@@H](O)CNCCc3c[nH]c4ccccc34)c3ccccc23)cc1. The van der Waals surface area contributed by atoms with Gasteiger partial charge >= 0.3 is 0 Å². The van der Waals surface area contributed by atoms with E-state index in [9.17, 15) is 9.90 Å². The molecule has 0 bridgehead atoms. The van der Waals surface area contributed by atoms with Crippen molar-refractivity contribution >= 4 is 33.7 Å². The molecule has 3 aromatic carbocycles. The zero-order valence-electron chi connectivity index (χ0n) is 20.9. The van der Waals surface area contributed by atoms with Crippen molar-refractivity contribution in [3.63, 3.8) is 0 Å². The number of ether oxygens (including phenoxy) is 1. The zero-order chi connectivity index (χ0) is 25.6. The van der Waals surface area contributed by atoms with Crippen molar-refractivity contribution in [2.24, 2.45) is 0 Å². The van der Waals surface area contributed by atoms with Crippen LogP contribution in [0.2, 0.25) is 0 Å². The molecule has 0 saturated carbocycles. The van der Waals surface area contributed by atoms with Crippen LogP contribution in [0.1, 0.15) is 21.5 Å². The molecule has 2 heterocycles. The minimum Gasteiger partial charge on any atom is -0.497 e. The lowest BCUT2D eigenvalue weighted by molar-refractivity contribution is 0.104. The van der Waals surface area contributed by atoms with Crippen LogP contribution in [0.5, 0.6) is 5.75 Å². The first-order chi connectivity index (χ1) is 18.1. The molecule has 6 heteroatoms. The van der Waals surface area contributed by atoms with E-state index in [1.165, 1.54) is 10.9 Å². The normalized spacial score (nSPS) is 12.5. The molecule has 6 nitrogen and oxygen atoms in total. The Labute approximate surface area is 216 Å². The van der Waals surface area contributed by atoms with Gasteiger partial charge in [0.25, 0.3) is 0 Å². The Balaban J connectivity index is 1.21. The highest BCUT2D eigenvalue weighted by molar-refractivity contribution is 6.07. The van der Waals surface area contributed by atoms with Gasteiger partial charge in [-0.15, -0.1) is 0 Å². The number of rotatable bonds is 11. The van der Waals surface area contributed by atoms with Gasteiger partial charge in [-0.25, -0.2) is 0 Å². The number of aliphatic hydroxyl groups is 1. The number of hydrogen-bond donors (Lipinski definition) is 3. The molecule has 0 saturated heterocycles. The average molecular weight is 494 g/mol. The van der Waals surface area contributed by atoms with Crippen molar-refractivity contribution in [3.05, 3.63) is 108 Å². The van der Waals surface area contributed by atoms with E-state index in [0.29, 0.717) is 18.7 Å². The van der Waals surface area contributed by atoms with E-state index >= 15 is 0 Å². The van der Waals surface area contributed by atoms with Crippen LogP contribution in [0.15, 0.2) is 91.3 Å². The van der Waals surface area contributed by atoms with E-state index in [1.54, 1.807) is 37.5 Å². The quantitative estimate of drug-likeness (QED) is 0.134. The minimum absolute atomic E-state index is 0.0704. The molecule has 1 atom stereocenters. The van der Waals surface area contributed by atoms with Crippen LogP contribution >= 0.6 is 0 Å². The molecule has 0 amide bonds. The van der Waals surface area contributed by atoms with E-state index in [4.69, 9.17) is 4.74 Å². The maximum absolute atomic E-state index is 12.7. The summed E-state index contributed by atoms with van der Waals surface area (Å²) in [5.74, 6) is 0.647. The number of aromatic nitrogens is 2. The second-order valence-corrected chi connectivity index (χ2v) is 9.15. The van der Waals surface area contributed by atoms with Gasteiger partial charge in [0.1, 0.15) is 5.75 Å². The lowest BCUT2D eigenvalue weighted by Crippen LogP contribution is -2.31. The molecule has 0 aliphatic rings. The number of benzene rings is 3. The molecule has 188 valence electrons. The Morgan fingerprint density at radius 3 is 2.62 bits per heavy atom. The van der Waals surface area contributed by atoms with Crippen LogP contribution in [-0.2, 0) is 13.0 Å². The van der Waals surface area contributed by atoms with E-state index in [0.717, 1.165) is 40.7 Å². The summed E-state index contributed by atoms with van der Waals surface area (Å²) in [7, 11) is 1.60. The molecule has 0 aliphatic carbocycles. The van der Waals surface area contributed by atoms with Gasteiger partial charge in [0.2, 0.25) is 0 Å².